The fourth-order valence-corrected chi connectivity index (χ4v) is 2.37. The van der Waals surface area contributed by atoms with E-state index in [1.54, 1.807) is 4.72 Å². The molecule has 11 heteroatoms. The molecule has 0 aliphatic rings. The van der Waals surface area contributed by atoms with E-state index in [-0.39, 0.29) is 0 Å². The number of hydrogen-bond acceptors (Lipinski definition) is 5. The van der Waals surface area contributed by atoms with Crippen LogP contribution in [0, 0.1) is 21.7 Å². The largest absolute Gasteiger partial charge is 0.334 e. The minimum absolute atomic E-state index is 0.331. The number of nitro groups is 1. The highest BCUT2D eigenvalue weighted by Gasteiger charge is 2.26. The number of nitro benzene ring substituents is 1. The molecule has 1 heterocycles. The van der Waals surface area contributed by atoms with Gasteiger partial charge in [0.15, 0.2) is 16.5 Å². The monoisotopic (exact) mass is 304 g/mol. The van der Waals surface area contributed by atoms with E-state index in [0.717, 1.165) is 12.5 Å². The van der Waals surface area contributed by atoms with Crippen molar-refractivity contribution >= 4 is 21.4 Å². The summed E-state index contributed by atoms with van der Waals surface area (Å²) < 4.78 is 51.8. The first-order valence-corrected chi connectivity index (χ1v) is 6.44. The Bertz CT molecular complexity index is 761. The number of sulfonamides is 1. The Balaban J connectivity index is 2.52. The lowest BCUT2D eigenvalue weighted by Gasteiger charge is -2.08. The molecule has 0 atom stereocenters. The van der Waals surface area contributed by atoms with Gasteiger partial charge in [-0.2, -0.15) is 8.42 Å². The van der Waals surface area contributed by atoms with Crippen LogP contribution in [0.2, 0.25) is 0 Å². The van der Waals surface area contributed by atoms with E-state index in [9.17, 15) is 27.3 Å². The van der Waals surface area contributed by atoms with E-state index in [4.69, 9.17) is 0 Å². The SMILES string of the molecule is O=[N+]([O-])c1cc(F)cc(F)c1NS(=O)(=O)c1cnc[nH]1. The second-order valence-corrected chi connectivity index (χ2v) is 5.21. The number of aromatic amines is 1. The Hall–Kier alpha value is -2.56. The first-order valence-electron chi connectivity index (χ1n) is 4.96. The standard InChI is InChI=1S/C9H6F2N4O4S/c10-5-1-6(11)9(7(2-5)15(16)17)14-20(18,19)8-3-12-4-13-8/h1-4,14H,(H,12,13). The van der Waals surface area contributed by atoms with Gasteiger partial charge in [-0.05, 0) is 0 Å². The van der Waals surface area contributed by atoms with Crippen molar-refractivity contribution in [2.24, 2.45) is 0 Å². The lowest BCUT2D eigenvalue weighted by atomic mass is 10.2. The number of hydrogen-bond donors (Lipinski definition) is 2. The van der Waals surface area contributed by atoms with Gasteiger partial charge in [-0.3, -0.25) is 14.8 Å². The van der Waals surface area contributed by atoms with Gasteiger partial charge in [0.1, 0.15) is 5.82 Å². The molecule has 8 nitrogen and oxygen atoms in total. The average molecular weight is 304 g/mol. The fourth-order valence-electron chi connectivity index (χ4n) is 1.38. The molecule has 2 aromatic rings. The van der Waals surface area contributed by atoms with Crippen LogP contribution < -0.4 is 4.72 Å². The fraction of sp³-hybridized carbons (Fsp3) is 0. The van der Waals surface area contributed by atoms with Gasteiger partial charge in [0, 0.05) is 6.07 Å². The van der Waals surface area contributed by atoms with Crippen molar-refractivity contribution in [3.63, 3.8) is 0 Å². The molecule has 1 aromatic carbocycles. The zero-order valence-corrected chi connectivity index (χ0v) is 10.3. The van der Waals surface area contributed by atoms with Crippen LogP contribution in [0.1, 0.15) is 0 Å². The summed E-state index contributed by atoms with van der Waals surface area (Å²) >= 11 is 0. The molecular weight excluding hydrogens is 298 g/mol. The second kappa shape index (κ2) is 4.85. The Morgan fingerprint density at radius 2 is 2.05 bits per heavy atom. The highest BCUT2D eigenvalue weighted by molar-refractivity contribution is 7.92. The molecule has 0 aliphatic heterocycles. The number of nitrogens with zero attached hydrogens (tertiary/aromatic N) is 2. The maximum absolute atomic E-state index is 13.5. The van der Waals surface area contributed by atoms with Crippen molar-refractivity contribution in [3.05, 3.63) is 46.4 Å². The first kappa shape index (κ1) is 13.9. The minimum atomic E-state index is -4.30. The summed E-state index contributed by atoms with van der Waals surface area (Å²) in [5.74, 6) is -2.60. The zero-order valence-electron chi connectivity index (χ0n) is 9.50. The van der Waals surface area contributed by atoms with Crippen molar-refractivity contribution in [2.45, 2.75) is 5.03 Å². The van der Waals surface area contributed by atoms with Crippen LogP contribution in [0.5, 0.6) is 0 Å². The maximum atomic E-state index is 13.5. The lowest BCUT2D eigenvalue weighted by Crippen LogP contribution is -2.15. The van der Waals surface area contributed by atoms with E-state index in [1.165, 1.54) is 0 Å². The third-order valence-corrected chi connectivity index (χ3v) is 3.51. The Kier molecular flexibility index (Phi) is 3.36. The highest BCUT2D eigenvalue weighted by atomic mass is 32.2. The van der Waals surface area contributed by atoms with Crippen LogP contribution in [-0.2, 0) is 10.0 Å². The average Bonchev–Trinajstić information content (AvgIpc) is 2.86. The van der Waals surface area contributed by atoms with Gasteiger partial charge in [0.25, 0.3) is 15.7 Å². The number of nitrogens with one attached hydrogen (secondary N) is 2. The molecule has 0 bridgehead atoms. The summed E-state index contributed by atoms with van der Waals surface area (Å²) in [5, 5.41) is 10.3. The quantitative estimate of drug-likeness (QED) is 0.653. The number of halogens is 2. The number of imidazole rings is 1. The summed E-state index contributed by atoms with van der Waals surface area (Å²) in [6.45, 7) is 0. The molecule has 0 spiro atoms. The number of anilines is 1. The van der Waals surface area contributed by atoms with Gasteiger partial charge in [-0.25, -0.2) is 13.8 Å². The van der Waals surface area contributed by atoms with E-state index < -0.39 is 43.0 Å². The summed E-state index contributed by atoms with van der Waals surface area (Å²) in [5.41, 5.74) is -1.99. The van der Waals surface area contributed by atoms with Crippen molar-refractivity contribution in [2.75, 3.05) is 4.72 Å². The smallest absolute Gasteiger partial charge is 0.299 e. The van der Waals surface area contributed by atoms with Crippen LogP contribution in [0.4, 0.5) is 20.2 Å². The molecule has 2 rings (SSSR count). The summed E-state index contributed by atoms with van der Waals surface area (Å²) in [6.07, 6.45) is 1.99. The zero-order chi connectivity index (χ0) is 14.9. The van der Waals surface area contributed by atoms with E-state index in [1.807, 2.05) is 0 Å². The van der Waals surface area contributed by atoms with Gasteiger partial charge in [0.05, 0.1) is 23.5 Å². The van der Waals surface area contributed by atoms with Gasteiger partial charge >= 0.3 is 0 Å². The first-order chi connectivity index (χ1) is 9.31. The van der Waals surface area contributed by atoms with Crippen molar-refractivity contribution in [1.82, 2.24) is 9.97 Å². The van der Waals surface area contributed by atoms with Crippen molar-refractivity contribution in [1.29, 1.82) is 0 Å². The summed E-state index contributed by atoms with van der Waals surface area (Å²) in [4.78, 5) is 15.3. The Morgan fingerprint density at radius 3 is 2.60 bits per heavy atom. The van der Waals surface area contributed by atoms with E-state index >= 15 is 0 Å². The van der Waals surface area contributed by atoms with Crippen molar-refractivity contribution in [3.8, 4) is 0 Å². The molecule has 20 heavy (non-hydrogen) atoms. The van der Waals surface area contributed by atoms with Crippen LogP contribution in [0.25, 0.3) is 0 Å². The predicted octanol–water partition coefficient (Wildman–Crippen LogP) is 1.40. The van der Waals surface area contributed by atoms with Crippen LogP contribution in [0.15, 0.2) is 29.7 Å². The number of rotatable bonds is 4. The number of aromatic nitrogens is 2. The summed E-state index contributed by atoms with van der Waals surface area (Å²) in [7, 11) is -4.30. The molecule has 0 aliphatic carbocycles. The maximum Gasteiger partial charge on any atom is 0.299 e. The second-order valence-electron chi connectivity index (χ2n) is 3.56. The van der Waals surface area contributed by atoms with Gasteiger partial charge in [-0.1, -0.05) is 0 Å². The van der Waals surface area contributed by atoms with E-state index in [2.05, 4.69) is 9.97 Å². The predicted molar refractivity (Wildman–Crippen MR) is 62.4 cm³/mol. The molecule has 0 unspecified atom stereocenters. The molecule has 0 fully saturated rings. The highest BCUT2D eigenvalue weighted by Crippen LogP contribution is 2.30. The summed E-state index contributed by atoms with van der Waals surface area (Å²) in [6, 6.07) is 0.742. The Morgan fingerprint density at radius 1 is 1.35 bits per heavy atom. The number of H-pyrrole nitrogens is 1. The van der Waals surface area contributed by atoms with Crippen molar-refractivity contribution < 1.29 is 22.1 Å². The van der Waals surface area contributed by atoms with Crippen LogP contribution in [-0.4, -0.2) is 23.3 Å². The molecule has 0 saturated carbocycles. The molecular formula is C9H6F2N4O4S. The molecule has 0 amide bonds. The third kappa shape index (κ3) is 2.56. The van der Waals surface area contributed by atoms with Gasteiger partial charge in [-0.15, -0.1) is 0 Å². The normalized spacial score (nSPS) is 11.3. The molecule has 106 valence electrons. The van der Waals surface area contributed by atoms with Gasteiger partial charge < -0.3 is 4.98 Å². The Labute approximate surface area is 110 Å². The topological polar surface area (TPSA) is 118 Å². The lowest BCUT2D eigenvalue weighted by molar-refractivity contribution is -0.384. The molecule has 2 N–H and O–H groups in total. The molecule has 0 radical (unpaired) electrons. The third-order valence-electron chi connectivity index (χ3n) is 2.23. The van der Waals surface area contributed by atoms with Crippen LogP contribution >= 0.6 is 0 Å². The van der Waals surface area contributed by atoms with Crippen LogP contribution in [0.3, 0.4) is 0 Å². The molecule has 0 saturated heterocycles. The van der Waals surface area contributed by atoms with Gasteiger partial charge in [0.2, 0.25) is 0 Å². The number of benzene rings is 1. The van der Waals surface area contributed by atoms with E-state index in [0.29, 0.717) is 12.1 Å². The minimum Gasteiger partial charge on any atom is -0.334 e. The molecule has 1 aromatic heterocycles.